The number of aliphatic hydroxyl groups is 2. The molecule has 0 aromatic heterocycles. The molecule has 17 heavy (non-hydrogen) atoms. The van der Waals surface area contributed by atoms with E-state index >= 15 is 0 Å². The standard InChI is InChI=1S/C14H29NO2/c1-10(2)14(17)13(16)9-8-12(15)11-6-4-3-5-7-11/h10-14,16-17H,3-9,15H2,1-2H3. The van der Waals surface area contributed by atoms with Crippen molar-refractivity contribution >= 4 is 0 Å². The van der Waals surface area contributed by atoms with E-state index < -0.39 is 12.2 Å². The molecule has 4 N–H and O–H groups in total. The van der Waals surface area contributed by atoms with Gasteiger partial charge in [-0.3, -0.25) is 0 Å². The van der Waals surface area contributed by atoms with Crippen molar-refractivity contribution in [1.29, 1.82) is 0 Å². The van der Waals surface area contributed by atoms with Crippen LogP contribution >= 0.6 is 0 Å². The Labute approximate surface area is 105 Å². The van der Waals surface area contributed by atoms with Crippen LogP contribution in [0.2, 0.25) is 0 Å². The smallest absolute Gasteiger partial charge is 0.0821 e. The molecule has 1 saturated carbocycles. The van der Waals surface area contributed by atoms with Gasteiger partial charge in [0.05, 0.1) is 12.2 Å². The van der Waals surface area contributed by atoms with E-state index in [-0.39, 0.29) is 12.0 Å². The first-order valence-corrected chi connectivity index (χ1v) is 7.14. The fraction of sp³-hybridized carbons (Fsp3) is 1.00. The van der Waals surface area contributed by atoms with Crippen LogP contribution in [0.25, 0.3) is 0 Å². The Bertz CT molecular complexity index is 202. The summed E-state index contributed by atoms with van der Waals surface area (Å²) in [5.41, 5.74) is 6.18. The third-order valence-electron chi connectivity index (χ3n) is 4.13. The summed E-state index contributed by atoms with van der Waals surface area (Å²) in [7, 11) is 0. The van der Waals surface area contributed by atoms with Crippen molar-refractivity contribution in [3.8, 4) is 0 Å². The van der Waals surface area contributed by atoms with Gasteiger partial charge in [0.1, 0.15) is 0 Å². The molecule has 0 aliphatic heterocycles. The van der Waals surface area contributed by atoms with Gasteiger partial charge >= 0.3 is 0 Å². The number of hydrogen-bond donors (Lipinski definition) is 3. The van der Waals surface area contributed by atoms with E-state index in [0.717, 1.165) is 6.42 Å². The van der Waals surface area contributed by atoms with Gasteiger partial charge < -0.3 is 15.9 Å². The van der Waals surface area contributed by atoms with Crippen molar-refractivity contribution in [2.75, 3.05) is 0 Å². The highest BCUT2D eigenvalue weighted by atomic mass is 16.3. The van der Waals surface area contributed by atoms with Gasteiger partial charge in [-0.25, -0.2) is 0 Å². The summed E-state index contributed by atoms with van der Waals surface area (Å²) in [6.45, 7) is 3.85. The zero-order valence-electron chi connectivity index (χ0n) is 11.3. The van der Waals surface area contributed by atoms with E-state index in [1.807, 2.05) is 13.8 Å². The average molecular weight is 243 g/mol. The molecule has 0 spiro atoms. The molecule has 0 aromatic rings. The molecule has 1 rings (SSSR count). The summed E-state index contributed by atoms with van der Waals surface area (Å²) in [4.78, 5) is 0. The first-order valence-electron chi connectivity index (χ1n) is 7.14. The molecule has 3 atom stereocenters. The van der Waals surface area contributed by atoms with Crippen LogP contribution in [0.4, 0.5) is 0 Å². The Hall–Kier alpha value is -0.120. The van der Waals surface area contributed by atoms with E-state index in [4.69, 9.17) is 5.73 Å². The van der Waals surface area contributed by atoms with Gasteiger partial charge in [-0.1, -0.05) is 33.1 Å². The second-order valence-electron chi connectivity index (χ2n) is 5.94. The van der Waals surface area contributed by atoms with Gasteiger partial charge in [0.15, 0.2) is 0 Å². The molecule has 0 radical (unpaired) electrons. The van der Waals surface area contributed by atoms with Crippen LogP contribution < -0.4 is 5.73 Å². The molecule has 0 bridgehead atoms. The molecule has 0 saturated heterocycles. The molecule has 0 aromatic carbocycles. The van der Waals surface area contributed by atoms with E-state index in [1.54, 1.807) is 0 Å². The molecule has 3 unspecified atom stereocenters. The van der Waals surface area contributed by atoms with Crippen molar-refractivity contribution in [1.82, 2.24) is 0 Å². The molecule has 1 aliphatic carbocycles. The van der Waals surface area contributed by atoms with Gasteiger partial charge in [0, 0.05) is 6.04 Å². The van der Waals surface area contributed by atoms with Crippen LogP contribution in [0.3, 0.4) is 0 Å². The number of rotatable bonds is 6. The maximum atomic E-state index is 9.83. The van der Waals surface area contributed by atoms with E-state index in [9.17, 15) is 10.2 Å². The van der Waals surface area contributed by atoms with Gasteiger partial charge in [-0.2, -0.15) is 0 Å². The lowest BCUT2D eigenvalue weighted by atomic mass is 9.82. The maximum absolute atomic E-state index is 9.83. The van der Waals surface area contributed by atoms with Crippen LogP contribution in [0.15, 0.2) is 0 Å². The first-order chi connectivity index (χ1) is 8.02. The average Bonchev–Trinajstić information content (AvgIpc) is 2.35. The lowest BCUT2D eigenvalue weighted by molar-refractivity contribution is -0.0146. The molecule has 1 fully saturated rings. The van der Waals surface area contributed by atoms with Gasteiger partial charge in [0.25, 0.3) is 0 Å². The lowest BCUT2D eigenvalue weighted by Crippen LogP contribution is -2.36. The van der Waals surface area contributed by atoms with Crippen LogP contribution in [0, 0.1) is 11.8 Å². The topological polar surface area (TPSA) is 66.5 Å². The Morgan fingerprint density at radius 1 is 1.06 bits per heavy atom. The van der Waals surface area contributed by atoms with Crippen molar-refractivity contribution in [3.05, 3.63) is 0 Å². The Morgan fingerprint density at radius 3 is 2.18 bits per heavy atom. The predicted molar refractivity (Wildman–Crippen MR) is 70.6 cm³/mol. The summed E-state index contributed by atoms with van der Waals surface area (Å²) in [6.07, 6.45) is 6.64. The largest absolute Gasteiger partial charge is 0.390 e. The summed E-state index contributed by atoms with van der Waals surface area (Å²) in [5.74, 6) is 0.739. The SMILES string of the molecule is CC(C)C(O)C(O)CCC(N)C1CCCCC1. The zero-order chi connectivity index (χ0) is 12.8. The fourth-order valence-electron chi connectivity index (χ4n) is 2.78. The van der Waals surface area contributed by atoms with Crippen LogP contribution in [0.5, 0.6) is 0 Å². The van der Waals surface area contributed by atoms with Crippen LogP contribution in [-0.2, 0) is 0 Å². The molecular formula is C14H29NO2. The monoisotopic (exact) mass is 243 g/mol. The second kappa shape index (κ2) is 7.34. The van der Waals surface area contributed by atoms with Crippen molar-refractivity contribution in [2.45, 2.75) is 77.0 Å². The normalized spacial score (nSPS) is 23.6. The van der Waals surface area contributed by atoms with E-state index in [2.05, 4.69) is 0 Å². The summed E-state index contributed by atoms with van der Waals surface area (Å²) in [6, 6.07) is 0.198. The Kier molecular flexibility index (Phi) is 6.45. The van der Waals surface area contributed by atoms with Gasteiger partial charge in [0.2, 0.25) is 0 Å². The molecule has 0 amide bonds. The minimum atomic E-state index is -0.621. The maximum Gasteiger partial charge on any atom is 0.0821 e. The molecule has 1 aliphatic rings. The molecule has 0 heterocycles. The van der Waals surface area contributed by atoms with Crippen molar-refractivity contribution in [3.63, 3.8) is 0 Å². The minimum absolute atomic E-state index is 0.107. The summed E-state index contributed by atoms with van der Waals surface area (Å²) >= 11 is 0. The number of nitrogens with two attached hydrogens (primary N) is 1. The molecule has 102 valence electrons. The van der Waals surface area contributed by atoms with Crippen molar-refractivity contribution in [2.24, 2.45) is 17.6 Å². The molecule has 3 heteroatoms. The highest BCUT2D eigenvalue weighted by Crippen LogP contribution is 2.27. The lowest BCUT2D eigenvalue weighted by Gasteiger charge is -2.29. The summed E-state index contributed by atoms with van der Waals surface area (Å²) < 4.78 is 0. The highest BCUT2D eigenvalue weighted by Gasteiger charge is 2.24. The number of aliphatic hydroxyl groups excluding tert-OH is 2. The van der Waals surface area contributed by atoms with Crippen LogP contribution in [-0.4, -0.2) is 28.5 Å². The third-order valence-corrected chi connectivity index (χ3v) is 4.13. The van der Waals surface area contributed by atoms with Gasteiger partial charge in [-0.05, 0) is 37.5 Å². The van der Waals surface area contributed by atoms with Crippen molar-refractivity contribution < 1.29 is 10.2 Å². The fourth-order valence-corrected chi connectivity index (χ4v) is 2.78. The predicted octanol–water partition coefficient (Wildman–Crippen LogP) is 2.05. The molecule has 3 nitrogen and oxygen atoms in total. The third kappa shape index (κ3) is 4.94. The number of hydrogen-bond acceptors (Lipinski definition) is 3. The van der Waals surface area contributed by atoms with E-state index in [1.165, 1.54) is 32.1 Å². The first kappa shape index (κ1) is 14.9. The quantitative estimate of drug-likeness (QED) is 0.669. The van der Waals surface area contributed by atoms with Gasteiger partial charge in [-0.15, -0.1) is 0 Å². The molecular weight excluding hydrogens is 214 g/mol. The zero-order valence-corrected chi connectivity index (χ0v) is 11.3. The van der Waals surface area contributed by atoms with Crippen LogP contribution in [0.1, 0.15) is 58.8 Å². The minimum Gasteiger partial charge on any atom is -0.390 e. The summed E-state index contributed by atoms with van der Waals surface area (Å²) in [5, 5.41) is 19.6. The highest BCUT2D eigenvalue weighted by molar-refractivity contribution is 4.79. The second-order valence-corrected chi connectivity index (χ2v) is 5.94. The Morgan fingerprint density at radius 2 is 1.65 bits per heavy atom. The Balaban J connectivity index is 2.24. The van der Waals surface area contributed by atoms with E-state index in [0.29, 0.717) is 12.3 Å².